The number of piperidine rings is 1. The summed E-state index contributed by atoms with van der Waals surface area (Å²) in [7, 11) is -3.62. The zero-order valence-corrected chi connectivity index (χ0v) is 13.4. The fourth-order valence-corrected chi connectivity index (χ4v) is 4.51. The molecule has 0 spiro atoms. The summed E-state index contributed by atoms with van der Waals surface area (Å²) < 4.78 is 26.9. The van der Waals surface area contributed by atoms with Crippen LogP contribution in [-0.2, 0) is 10.0 Å². The molecule has 0 atom stereocenters. The molecule has 1 aromatic rings. The summed E-state index contributed by atoms with van der Waals surface area (Å²) in [6.07, 6.45) is 5.34. The Morgan fingerprint density at radius 2 is 1.95 bits per heavy atom. The molecule has 1 aromatic heterocycles. The van der Waals surface area contributed by atoms with Crippen LogP contribution in [0.25, 0.3) is 0 Å². The molecule has 1 aliphatic heterocycles. The second-order valence-corrected chi connectivity index (χ2v) is 7.48. The third-order valence-electron chi connectivity index (χ3n) is 4.78. The number of pyridine rings is 1. The summed E-state index contributed by atoms with van der Waals surface area (Å²) in [6, 6.07) is 4.88. The molecule has 0 bridgehead atoms. The van der Waals surface area contributed by atoms with E-state index in [1.807, 2.05) is 6.07 Å². The first-order chi connectivity index (χ1) is 9.99. The maximum absolute atomic E-state index is 12.7. The number of sulfonamides is 1. The first kappa shape index (κ1) is 15.9. The quantitative estimate of drug-likeness (QED) is 0.856. The zero-order chi connectivity index (χ0) is 15.5. The zero-order valence-electron chi connectivity index (χ0n) is 12.5. The maximum Gasteiger partial charge on any atom is 0.245 e. The number of nitriles is 1. The van der Waals surface area contributed by atoms with Crippen molar-refractivity contribution in [2.75, 3.05) is 13.1 Å². The lowest BCUT2D eigenvalue weighted by molar-refractivity contribution is 0.141. The van der Waals surface area contributed by atoms with Gasteiger partial charge in [0.2, 0.25) is 10.0 Å². The summed E-state index contributed by atoms with van der Waals surface area (Å²) in [5.41, 5.74) is 0.235. The van der Waals surface area contributed by atoms with Crippen LogP contribution in [0.3, 0.4) is 0 Å². The molecule has 2 rings (SSSR count). The summed E-state index contributed by atoms with van der Waals surface area (Å²) in [4.78, 5) is 3.87. The second-order valence-electron chi connectivity index (χ2n) is 5.57. The molecule has 1 aliphatic rings. The lowest BCUT2D eigenvalue weighted by atomic mass is 9.75. The molecule has 0 amide bonds. The van der Waals surface area contributed by atoms with Gasteiger partial charge in [0.25, 0.3) is 0 Å². The lowest BCUT2D eigenvalue weighted by Gasteiger charge is -2.40. The molecule has 0 saturated carbocycles. The van der Waals surface area contributed by atoms with Crippen molar-refractivity contribution in [3.8, 4) is 6.07 Å². The van der Waals surface area contributed by atoms with Gasteiger partial charge in [-0.25, -0.2) is 13.4 Å². The molecule has 2 heterocycles. The van der Waals surface area contributed by atoms with E-state index in [1.54, 1.807) is 6.07 Å². The van der Waals surface area contributed by atoms with E-state index in [2.05, 4.69) is 18.8 Å². The number of nitrogens with zero attached hydrogens (tertiary/aromatic N) is 3. The third-order valence-corrected chi connectivity index (χ3v) is 6.71. The van der Waals surface area contributed by atoms with Crippen LogP contribution in [0.2, 0.25) is 0 Å². The highest BCUT2D eigenvalue weighted by atomic mass is 32.2. The predicted molar refractivity (Wildman–Crippen MR) is 80.0 cm³/mol. The van der Waals surface area contributed by atoms with E-state index in [0.29, 0.717) is 13.1 Å². The van der Waals surface area contributed by atoms with Crippen molar-refractivity contribution in [1.82, 2.24) is 9.29 Å². The Morgan fingerprint density at radius 3 is 2.48 bits per heavy atom. The molecule has 1 saturated heterocycles. The molecule has 0 N–H and O–H groups in total. The van der Waals surface area contributed by atoms with Crippen molar-refractivity contribution in [1.29, 1.82) is 5.26 Å². The van der Waals surface area contributed by atoms with Crippen LogP contribution in [0.5, 0.6) is 0 Å². The molecule has 1 fully saturated rings. The van der Waals surface area contributed by atoms with Gasteiger partial charge in [0.15, 0.2) is 5.69 Å². The maximum atomic E-state index is 12.7. The fourth-order valence-electron chi connectivity index (χ4n) is 2.98. The summed E-state index contributed by atoms with van der Waals surface area (Å²) >= 11 is 0. The number of aromatic nitrogens is 1. The topological polar surface area (TPSA) is 74.1 Å². The Kier molecular flexibility index (Phi) is 4.64. The summed E-state index contributed by atoms with van der Waals surface area (Å²) in [5.74, 6) is 0. The Hall–Kier alpha value is -1.45. The van der Waals surface area contributed by atoms with Gasteiger partial charge in [0, 0.05) is 19.3 Å². The van der Waals surface area contributed by atoms with Crippen molar-refractivity contribution in [2.45, 2.75) is 44.4 Å². The third kappa shape index (κ3) is 2.94. The van der Waals surface area contributed by atoms with Gasteiger partial charge in [-0.15, -0.1) is 0 Å². The molecule has 0 aliphatic carbocycles. The van der Waals surface area contributed by atoms with E-state index in [1.165, 1.54) is 16.6 Å². The second kappa shape index (κ2) is 6.12. The Balaban J connectivity index is 2.25. The molecular formula is C15H21N3O2S. The highest BCUT2D eigenvalue weighted by Crippen LogP contribution is 2.39. The molecule has 0 unspecified atom stereocenters. The molecule has 6 heteroatoms. The normalized spacial score (nSPS) is 19.1. The van der Waals surface area contributed by atoms with Gasteiger partial charge in [-0.2, -0.15) is 9.57 Å². The van der Waals surface area contributed by atoms with Crippen molar-refractivity contribution < 1.29 is 8.42 Å². The highest BCUT2D eigenvalue weighted by Gasteiger charge is 2.37. The largest absolute Gasteiger partial charge is 0.245 e. The smallest absolute Gasteiger partial charge is 0.244 e. The number of rotatable bonds is 4. The Morgan fingerprint density at radius 1 is 1.33 bits per heavy atom. The van der Waals surface area contributed by atoms with Crippen LogP contribution in [-0.4, -0.2) is 30.8 Å². The predicted octanol–water partition coefficient (Wildman–Crippen LogP) is 2.54. The van der Waals surface area contributed by atoms with Gasteiger partial charge in [-0.3, -0.25) is 0 Å². The lowest BCUT2D eigenvalue weighted by Crippen LogP contribution is -2.43. The molecule has 5 nitrogen and oxygen atoms in total. The average molecular weight is 307 g/mol. The van der Waals surface area contributed by atoms with Crippen LogP contribution in [0.15, 0.2) is 23.2 Å². The van der Waals surface area contributed by atoms with E-state index in [9.17, 15) is 8.42 Å². The van der Waals surface area contributed by atoms with Gasteiger partial charge >= 0.3 is 0 Å². The van der Waals surface area contributed by atoms with Crippen LogP contribution < -0.4 is 0 Å². The van der Waals surface area contributed by atoms with E-state index in [4.69, 9.17) is 5.26 Å². The van der Waals surface area contributed by atoms with Crippen molar-refractivity contribution in [3.05, 3.63) is 24.0 Å². The van der Waals surface area contributed by atoms with Crippen LogP contribution >= 0.6 is 0 Å². The van der Waals surface area contributed by atoms with Crippen molar-refractivity contribution in [3.63, 3.8) is 0 Å². The standard InChI is InChI=1S/C15H21N3O2S/c1-3-15(4-2)7-10-18(11-8-15)21(19,20)14-6-5-9-17-13(14)12-16/h5-6,9H,3-4,7-8,10-11H2,1-2H3. The highest BCUT2D eigenvalue weighted by molar-refractivity contribution is 7.89. The first-order valence-electron chi connectivity index (χ1n) is 7.34. The van der Waals surface area contributed by atoms with Crippen LogP contribution in [0, 0.1) is 16.7 Å². The van der Waals surface area contributed by atoms with E-state index < -0.39 is 10.0 Å². The Bertz CT molecular complexity index is 635. The molecule has 0 aromatic carbocycles. The van der Waals surface area contributed by atoms with Crippen LogP contribution in [0.1, 0.15) is 45.2 Å². The number of hydrogen-bond acceptors (Lipinski definition) is 4. The first-order valence-corrected chi connectivity index (χ1v) is 8.78. The van der Waals surface area contributed by atoms with Gasteiger partial charge < -0.3 is 0 Å². The van der Waals surface area contributed by atoms with Crippen molar-refractivity contribution in [2.24, 2.45) is 5.41 Å². The summed E-state index contributed by atoms with van der Waals surface area (Å²) in [6.45, 7) is 5.37. The molecule has 21 heavy (non-hydrogen) atoms. The monoisotopic (exact) mass is 307 g/mol. The molecule has 114 valence electrons. The van der Waals surface area contributed by atoms with E-state index in [0.717, 1.165) is 25.7 Å². The number of hydrogen-bond donors (Lipinski definition) is 0. The van der Waals surface area contributed by atoms with Gasteiger partial charge in [-0.05, 0) is 30.4 Å². The average Bonchev–Trinajstić information content (AvgIpc) is 2.54. The summed E-state index contributed by atoms with van der Waals surface area (Å²) in [5, 5.41) is 9.04. The van der Waals surface area contributed by atoms with E-state index in [-0.39, 0.29) is 16.0 Å². The molecular weight excluding hydrogens is 286 g/mol. The SMILES string of the molecule is CCC1(CC)CCN(S(=O)(=O)c2cccnc2C#N)CC1. The minimum atomic E-state index is -3.62. The molecule has 0 radical (unpaired) electrons. The van der Waals surface area contributed by atoms with Gasteiger partial charge in [0.05, 0.1) is 0 Å². The van der Waals surface area contributed by atoms with Crippen LogP contribution in [0.4, 0.5) is 0 Å². The fraction of sp³-hybridized carbons (Fsp3) is 0.600. The minimum absolute atomic E-state index is 0.0213. The van der Waals surface area contributed by atoms with Crippen molar-refractivity contribution >= 4 is 10.0 Å². The van der Waals surface area contributed by atoms with E-state index >= 15 is 0 Å². The van der Waals surface area contributed by atoms with Gasteiger partial charge in [-0.1, -0.05) is 26.7 Å². The Labute approximate surface area is 126 Å². The minimum Gasteiger partial charge on any atom is -0.244 e. The van der Waals surface area contributed by atoms with Gasteiger partial charge in [0.1, 0.15) is 11.0 Å².